The van der Waals surface area contributed by atoms with Crippen LogP contribution in [-0.2, 0) is 19.1 Å². The van der Waals surface area contributed by atoms with Gasteiger partial charge in [-0.05, 0) is 41.5 Å². The second-order valence-electron chi connectivity index (χ2n) is 8.84. The monoisotopic (exact) mass is 530 g/mol. The van der Waals surface area contributed by atoms with Crippen molar-refractivity contribution in [2.45, 2.75) is 24.4 Å². The first kappa shape index (κ1) is 27.2. The zero-order chi connectivity index (χ0) is 27.7. The summed E-state index contributed by atoms with van der Waals surface area (Å²) in [5.41, 5.74) is -0.00254. The molecule has 3 aromatic rings. The van der Waals surface area contributed by atoms with Crippen LogP contribution in [0.4, 0.5) is 10.2 Å². The van der Waals surface area contributed by atoms with Crippen LogP contribution in [0.15, 0.2) is 90.1 Å². The fraction of sp³-hybridized carbons (Fsp3) is 0.207. The first-order valence-electron chi connectivity index (χ1n) is 12.3. The molecule has 0 fully saturated rings. The standard InChI is InChI=1S/C29H27FN4O5/c30-23-7-2-1-6-22(23)20-9-11-21(12-10-20)24(18-27(36)37)34-26(35)19-29(13-5-15-33-29)28(38)39-17-16-32-25-8-3-4-14-31-25/h1-15,24H,16-19H2,(H,31,32)(H,34,35)(H,36,37). The van der Waals surface area contributed by atoms with Crippen LogP contribution in [0.1, 0.15) is 24.4 Å². The number of hydrogen-bond acceptors (Lipinski definition) is 7. The molecule has 0 radical (unpaired) electrons. The van der Waals surface area contributed by atoms with E-state index in [1.165, 1.54) is 18.4 Å². The molecule has 0 spiro atoms. The molecule has 10 heteroatoms. The van der Waals surface area contributed by atoms with Gasteiger partial charge < -0.3 is 20.5 Å². The van der Waals surface area contributed by atoms with Gasteiger partial charge in [-0.3, -0.25) is 14.6 Å². The van der Waals surface area contributed by atoms with Crippen LogP contribution < -0.4 is 10.6 Å². The summed E-state index contributed by atoms with van der Waals surface area (Å²) < 4.78 is 19.5. The van der Waals surface area contributed by atoms with E-state index >= 15 is 0 Å². The quantitative estimate of drug-likeness (QED) is 0.239. The number of carboxylic acids is 1. The second kappa shape index (κ2) is 12.6. The van der Waals surface area contributed by atoms with Crippen LogP contribution in [0.5, 0.6) is 0 Å². The van der Waals surface area contributed by atoms with E-state index in [0.29, 0.717) is 29.1 Å². The lowest BCUT2D eigenvalue weighted by Gasteiger charge is -2.24. The summed E-state index contributed by atoms with van der Waals surface area (Å²) in [7, 11) is 0. The van der Waals surface area contributed by atoms with Crippen molar-refractivity contribution in [3.8, 4) is 11.1 Å². The molecule has 2 aromatic carbocycles. The maximum atomic E-state index is 14.2. The number of nitrogens with zero attached hydrogens (tertiary/aromatic N) is 2. The van der Waals surface area contributed by atoms with Gasteiger partial charge in [0, 0.05) is 18.0 Å². The molecule has 0 saturated heterocycles. The molecule has 2 atom stereocenters. The topological polar surface area (TPSA) is 130 Å². The number of halogens is 1. The highest BCUT2D eigenvalue weighted by Gasteiger charge is 2.41. The molecule has 0 saturated carbocycles. The number of allylic oxidation sites excluding steroid dienone is 1. The van der Waals surface area contributed by atoms with Gasteiger partial charge >= 0.3 is 11.9 Å². The maximum Gasteiger partial charge on any atom is 0.338 e. The van der Waals surface area contributed by atoms with Gasteiger partial charge in [-0.1, -0.05) is 48.5 Å². The van der Waals surface area contributed by atoms with Gasteiger partial charge in [0.25, 0.3) is 0 Å². The highest BCUT2D eigenvalue weighted by atomic mass is 19.1. The van der Waals surface area contributed by atoms with Gasteiger partial charge in [0.15, 0.2) is 5.54 Å². The van der Waals surface area contributed by atoms with Crippen molar-refractivity contribution in [2.75, 3.05) is 18.5 Å². The Balaban J connectivity index is 1.39. The number of rotatable bonds is 12. The van der Waals surface area contributed by atoms with Crippen LogP contribution >= 0.6 is 0 Å². The Morgan fingerprint density at radius 1 is 1.03 bits per heavy atom. The van der Waals surface area contributed by atoms with Crippen molar-refractivity contribution < 1.29 is 28.6 Å². The molecule has 1 aromatic heterocycles. The van der Waals surface area contributed by atoms with Crippen LogP contribution in [-0.4, -0.2) is 52.8 Å². The largest absolute Gasteiger partial charge is 0.481 e. The molecule has 3 N–H and O–H groups in total. The molecule has 0 bridgehead atoms. The minimum absolute atomic E-state index is 0.0259. The summed E-state index contributed by atoms with van der Waals surface area (Å²) in [4.78, 5) is 45.8. The number of pyridine rings is 1. The summed E-state index contributed by atoms with van der Waals surface area (Å²) in [5, 5.41) is 15.2. The van der Waals surface area contributed by atoms with Crippen molar-refractivity contribution in [1.82, 2.24) is 10.3 Å². The lowest BCUT2D eigenvalue weighted by atomic mass is 9.95. The first-order chi connectivity index (χ1) is 18.9. The normalized spacial score (nSPS) is 16.4. The van der Waals surface area contributed by atoms with Crippen molar-refractivity contribution in [2.24, 2.45) is 4.99 Å². The average molecular weight is 531 g/mol. The number of ether oxygens (including phenoxy) is 1. The number of anilines is 1. The highest BCUT2D eigenvalue weighted by molar-refractivity contribution is 5.96. The number of amides is 1. The highest BCUT2D eigenvalue weighted by Crippen LogP contribution is 2.27. The molecule has 1 amide bonds. The number of nitrogens with one attached hydrogen (secondary N) is 2. The molecule has 2 heterocycles. The number of aliphatic carboxylic acids is 1. The van der Waals surface area contributed by atoms with Crippen LogP contribution in [0.25, 0.3) is 11.1 Å². The molecule has 9 nitrogen and oxygen atoms in total. The Kier molecular flexibility index (Phi) is 8.78. The van der Waals surface area contributed by atoms with Gasteiger partial charge in [0.05, 0.1) is 25.4 Å². The molecule has 200 valence electrons. The summed E-state index contributed by atoms with van der Waals surface area (Å²) in [6, 6.07) is 17.4. The molecule has 0 aliphatic carbocycles. The van der Waals surface area contributed by atoms with E-state index in [-0.39, 0.29) is 25.3 Å². The molecule has 4 rings (SSSR count). The Bertz CT molecular complexity index is 1360. The number of carbonyl (C=O) groups excluding carboxylic acids is 2. The van der Waals surface area contributed by atoms with Gasteiger partial charge in [-0.2, -0.15) is 0 Å². The first-order valence-corrected chi connectivity index (χ1v) is 12.3. The zero-order valence-corrected chi connectivity index (χ0v) is 20.9. The molecular weight excluding hydrogens is 503 g/mol. The fourth-order valence-corrected chi connectivity index (χ4v) is 4.14. The Labute approximate surface area is 224 Å². The number of aromatic nitrogens is 1. The van der Waals surface area contributed by atoms with Crippen molar-refractivity contribution >= 4 is 29.9 Å². The molecule has 39 heavy (non-hydrogen) atoms. The van der Waals surface area contributed by atoms with E-state index in [9.17, 15) is 23.9 Å². The zero-order valence-electron chi connectivity index (χ0n) is 20.9. The molecule has 2 unspecified atom stereocenters. The van der Waals surface area contributed by atoms with Crippen LogP contribution in [0, 0.1) is 5.82 Å². The maximum absolute atomic E-state index is 14.2. The summed E-state index contributed by atoms with van der Waals surface area (Å²) in [6.45, 7) is 0.333. The minimum Gasteiger partial charge on any atom is -0.481 e. The number of benzene rings is 2. The summed E-state index contributed by atoms with van der Waals surface area (Å²) in [6.07, 6.45) is 5.33. The van der Waals surface area contributed by atoms with Crippen LogP contribution in [0.3, 0.4) is 0 Å². The van der Waals surface area contributed by atoms with Crippen molar-refractivity contribution in [3.05, 3.63) is 96.5 Å². The lowest BCUT2D eigenvalue weighted by molar-refractivity contribution is -0.149. The third kappa shape index (κ3) is 7.13. The van der Waals surface area contributed by atoms with Crippen molar-refractivity contribution in [1.29, 1.82) is 0 Å². The lowest BCUT2D eigenvalue weighted by Crippen LogP contribution is -2.42. The van der Waals surface area contributed by atoms with Gasteiger partial charge in [-0.15, -0.1) is 0 Å². The predicted molar refractivity (Wildman–Crippen MR) is 144 cm³/mol. The van der Waals surface area contributed by atoms with E-state index in [1.54, 1.807) is 66.9 Å². The molecular formula is C29H27FN4O5. The van der Waals surface area contributed by atoms with E-state index in [2.05, 4.69) is 20.6 Å². The van der Waals surface area contributed by atoms with E-state index < -0.39 is 29.4 Å². The summed E-state index contributed by atoms with van der Waals surface area (Å²) in [5.74, 6) is -2.14. The minimum atomic E-state index is -1.54. The number of esters is 1. The third-order valence-electron chi connectivity index (χ3n) is 6.06. The number of carboxylic acid groups (broad SMARTS) is 1. The van der Waals surface area contributed by atoms with E-state index in [0.717, 1.165) is 0 Å². The van der Waals surface area contributed by atoms with Crippen molar-refractivity contribution in [3.63, 3.8) is 0 Å². The average Bonchev–Trinajstić information content (AvgIpc) is 3.41. The number of carbonyl (C=O) groups is 3. The number of aliphatic imine (C=N–C) groups is 1. The van der Waals surface area contributed by atoms with Gasteiger partial charge in [0.2, 0.25) is 5.91 Å². The Morgan fingerprint density at radius 3 is 2.46 bits per heavy atom. The smallest absolute Gasteiger partial charge is 0.338 e. The Morgan fingerprint density at radius 2 is 1.79 bits per heavy atom. The van der Waals surface area contributed by atoms with Crippen LogP contribution in [0.2, 0.25) is 0 Å². The van der Waals surface area contributed by atoms with E-state index in [4.69, 9.17) is 4.74 Å². The summed E-state index contributed by atoms with van der Waals surface area (Å²) >= 11 is 0. The molecule has 1 aliphatic rings. The fourth-order valence-electron chi connectivity index (χ4n) is 4.14. The predicted octanol–water partition coefficient (Wildman–Crippen LogP) is 3.94. The van der Waals surface area contributed by atoms with Gasteiger partial charge in [0.1, 0.15) is 18.2 Å². The SMILES string of the molecule is O=C(O)CC(NC(=O)CC1(C(=O)OCCNc2ccccn2)C=CC=N1)c1ccc(-c2ccccc2F)cc1. The third-order valence-corrected chi connectivity index (χ3v) is 6.06. The van der Waals surface area contributed by atoms with E-state index in [1.807, 2.05) is 6.07 Å². The second-order valence-corrected chi connectivity index (χ2v) is 8.84. The Hall–Kier alpha value is -4.86. The molecule has 1 aliphatic heterocycles. The van der Waals surface area contributed by atoms with Gasteiger partial charge in [-0.25, -0.2) is 14.2 Å². The number of hydrogen-bond donors (Lipinski definition) is 3.